The maximum atomic E-state index is 11.6. The molecular formula is C12H11BrClN3O2S. The number of carbonyl (C=O) groups excluding carboxylic acids is 1. The summed E-state index contributed by atoms with van der Waals surface area (Å²) >= 11 is 10.5. The lowest BCUT2D eigenvalue weighted by Crippen LogP contribution is -2.12. The smallest absolute Gasteiger partial charge is 0.226 e. The van der Waals surface area contributed by atoms with Gasteiger partial charge in [-0.05, 0) is 24.6 Å². The molecule has 8 heteroatoms. The van der Waals surface area contributed by atoms with Crippen LogP contribution in [-0.2, 0) is 4.79 Å². The van der Waals surface area contributed by atoms with Gasteiger partial charge in [-0.15, -0.1) is 0 Å². The van der Waals surface area contributed by atoms with E-state index in [9.17, 15) is 4.79 Å². The molecule has 1 amide bonds. The van der Waals surface area contributed by atoms with Crippen LogP contribution in [0.1, 0.15) is 12.8 Å². The molecule has 1 heterocycles. The van der Waals surface area contributed by atoms with Crippen LogP contribution in [0.4, 0.5) is 5.13 Å². The van der Waals surface area contributed by atoms with Crippen LogP contribution in [0.15, 0.2) is 29.0 Å². The zero-order chi connectivity index (χ0) is 14.4. The third-order valence-electron chi connectivity index (χ3n) is 2.31. The van der Waals surface area contributed by atoms with Crippen LogP contribution in [-0.4, -0.2) is 21.9 Å². The van der Waals surface area contributed by atoms with Crippen LogP contribution in [0, 0.1) is 0 Å². The molecule has 0 saturated carbocycles. The molecule has 0 aliphatic heterocycles. The van der Waals surface area contributed by atoms with Gasteiger partial charge in [-0.1, -0.05) is 27.5 Å². The van der Waals surface area contributed by atoms with Crippen LogP contribution in [0.5, 0.6) is 5.75 Å². The Labute approximate surface area is 133 Å². The number of carbonyl (C=O) groups is 1. The summed E-state index contributed by atoms with van der Waals surface area (Å²) in [6, 6.07) is 5.40. The zero-order valence-corrected chi connectivity index (χ0v) is 13.5. The number of aromatic nitrogens is 2. The lowest BCUT2D eigenvalue weighted by atomic mass is 10.3. The third kappa shape index (κ3) is 4.73. The van der Waals surface area contributed by atoms with Crippen molar-refractivity contribution in [2.75, 3.05) is 11.9 Å². The number of amides is 1. The normalized spacial score (nSPS) is 10.3. The Bertz CT molecular complexity index is 580. The maximum absolute atomic E-state index is 11.6. The summed E-state index contributed by atoms with van der Waals surface area (Å²) in [6.07, 6.45) is 2.35. The summed E-state index contributed by atoms with van der Waals surface area (Å²) in [4.78, 5) is 15.4. The summed E-state index contributed by atoms with van der Waals surface area (Å²) in [5.41, 5.74) is 0. The van der Waals surface area contributed by atoms with E-state index in [2.05, 4.69) is 30.6 Å². The van der Waals surface area contributed by atoms with E-state index in [1.807, 2.05) is 6.07 Å². The number of hydrogen-bond acceptors (Lipinski definition) is 5. The second kappa shape index (κ2) is 7.56. The number of nitrogens with zero attached hydrogens (tertiary/aromatic N) is 2. The molecular weight excluding hydrogens is 366 g/mol. The van der Waals surface area contributed by atoms with Crippen molar-refractivity contribution in [1.29, 1.82) is 0 Å². The van der Waals surface area contributed by atoms with E-state index in [0.29, 0.717) is 35.4 Å². The molecule has 0 atom stereocenters. The molecule has 5 nitrogen and oxygen atoms in total. The molecule has 0 aliphatic rings. The Morgan fingerprint density at radius 1 is 1.50 bits per heavy atom. The standard InChI is InChI=1S/C12H11BrClN3O2S/c13-8-3-4-10(9(14)6-8)19-5-1-2-11(18)17-12-15-7-16-20-12/h3-4,6-7H,1-2,5H2,(H,15,16,17,18). The van der Waals surface area contributed by atoms with Crippen molar-refractivity contribution < 1.29 is 9.53 Å². The Morgan fingerprint density at radius 3 is 3.05 bits per heavy atom. The van der Waals surface area contributed by atoms with Crippen LogP contribution in [0.25, 0.3) is 0 Å². The van der Waals surface area contributed by atoms with Crippen molar-refractivity contribution in [2.24, 2.45) is 0 Å². The summed E-state index contributed by atoms with van der Waals surface area (Å²) in [5, 5.41) is 3.70. The number of anilines is 1. The van der Waals surface area contributed by atoms with Gasteiger partial charge < -0.3 is 10.1 Å². The maximum Gasteiger partial charge on any atom is 0.226 e. The highest BCUT2D eigenvalue weighted by atomic mass is 79.9. The molecule has 0 aliphatic carbocycles. The van der Waals surface area contributed by atoms with E-state index in [-0.39, 0.29) is 5.91 Å². The van der Waals surface area contributed by atoms with Crippen molar-refractivity contribution in [1.82, 2.24) is 9.36 Å². The topological polar surface area (TPSA) is 64.1 Å². The SMILES string of the molecule is O=C(CCCOc1ccc(Br)cc1Cl)Nc1ncns1. The Morgan fingerprint density at radius 2 is 2.35 bits per heavy atom. The van der Waals surface area contributed by atoms with Crippen molar-refractivity contribution in [3.8, 4) is 5.75 Å². The second-order valence-corrected chi connectivity index (χ2v) is 5.92. The first-order valence-corrected chi connectivity index (χ1v) is 7.74. The van der Waals surface area contributed by atoms with Crippen LogP contribution >= 0.6 is 39.1 Å². The second-order valence-electron chi connectivity index (χ2n) is 3.82. The summed E-state index contributed by atoms with van der Waals surface area (Å²) in [6.45, 7) is 0.422. The van der Waals surface area contributed by atoms with Crippen molar-refractivity contribution in [3.63, 3.8) is 0 Å². The van der Waals surface area contributed by atoms with Crippen LogP contribution < -0.4 is 10.1 Å². The highest BCUT2D eigenvalue weighted by Gasteiger charge is 2.06. The van der Waals surface area contributed by atoms with E-state index in [1.54, 1.807) is 12.1 Å². The highest BCUT2D eigenvalue weighted by Crippen LogP contribution is 2.27. The molecule has 2 aromatic rings. The third-order valence-corrected chi connectivity index (χ3v) is 3.68. The predicted molar refractivity (Wildman–Crippen MR) is 82.4 cm³/mol. The highest BCUT2D eigenvalue weighted by molar-refractivity contribution is 9.10. The molecule has 106 valence electrons. The minimum Gasteiger partial charge on any atom is -0.492 e. The minimum absolute atomic E-state index is 0.104. The van der Waals surface area contributed by atoms with E-state index in [0.717, 1.165) is 16.0 Å². The molecule has 0 spiro atoms. The number of hydrogen-bond donors (Lipinski definition) is 1. The Balaban J connectivity index is 1.69. The average molecular weight is 377 g/mol. The number of halogens is 2. The average Bonchev–Trinajstić information content (AvgIpc) is 2.89. The quantitative estimate of drug-likeness (QED) is 0.780. The van der Waals surface area contributed by atoms with E-state index < -0.39 is 0 Å². The number of ether oxygens (including phenoxy) is 1. The van der Waals surface area contributed by atoms with Crippen molar-refractivity contribution in [2.45, 2.75) is 12.8 Å². The van der Waals surface area contributed by atoms with Crippen molar-refractivity contribution in [3.05, 3.63) is 34.0 Å². The molecule has 0 saturated heterocycles. The van der Waals surface area contributed by atoms with Crippen molar-refractivity contribution >= 4 is 50.1 Å². The number of nitrogens with one attached hydrogen (secondary N) is 1. The zero-order valence-electron chi connectivity index (χ0n) is 10.3. The predicted octanol–water partition coefficient (Wildman–Crippen LogP) is 3.75. The van der Waals surface area contributed by atoms with Gasteiger partial charge in [0.25, 0.3) is 0 Å². The Hall–Kier alpha value is -1.18. The van der Waals surface area contributed by atoms with Gasteiger partial charge in [0.1, 0.15) is 12.1 Å². The lowest BCUT2D eigenvalue weighted by Gasteiger charge is -2.08. The van der Waals surface area contributed by atoms with Gasteiger partial charge in [0.15, 0.2) is 0 Å². The van der Waals surface area contributed by atoms with Gasteiger partial charge >= 0.3 is 0 Å². The van der Waals surface area contributed by atoms with Gasteiger partial charge in [0, 0.05) is 22.4 Å². The molecule has 1 N–H and O–H groups in total. The fourth-order valence-electron chi connectivity index (χ4n) is 1.42. The van der Waals surface area contributed by atoms with Gasteiger partial charge in [-0.2, -0.15) is 4.37 Å². The monoisotopic (exact) mass is 375 g/mol. The molecule has 1 aromatic carbocycles. The van der Waals surface area contributed by atoms with Crippen LogP contribution in [0.3, 0.4) is 0 Å². The Kier molecular flexibility index (Phi) is 5.75. The summed E-state index contributed by atoms with van der Waals surface area (Å²) in [7, 11) is 0. The fraction of sp³-hybridized carbons (Fsp3) is 0.250. The lowest BCUT2D eigenvalue weighted by molar-refractivity contribution is -0.116. The largest absolute Gasteiger partial charge is 0.492 e. The first kappa shape index (κ1) is 15.2. The number of rotatable bonds is 6. The molecule has 0 radical (unpaired) electrons. The fourth-order valence-corrected chi connectivity index (χ4v) is 2.59. The summed E-state index contributed by atoms with van der Waals surface area (Å²) in [5.74, 6) is 0.506. The molecule has 2 rings (SSSR count). The van der Waals surface area contributed by atoms with Gasteiger partial charge in [0.05, 0.1) is 11.6 Å². The van der Waals surface area contributed by atoms with Gasteiger partial charge in [0.2, 0.25) is 11.0 Å². The van der Waals surface area contributed by atoms with E-state index >= 15 is 0 Å². The van der Waals surface area contributed by atoms with Crippen LogP contribution in [0.2, 0.25) is 5.02 Å². The molecule has 1 aromatic heterocycles. The minimum atomic E-state index is -0.104. The molecule has 0 bridgehead atoms. The molecule has 0 fully saturated rings. The molecule has 0 unspecified atom stereocenters. The summed E-state index contributed by atoms with van der Waals surface area (Å²) < 4.78 is 10.2. The van der Waals surface area contributed by atoms with E-state index in [1.165, 1.54) is 6.33 Å². The van der Waals surface area contributed by atoms with E-state index in [4.69, 9.17) is 16.3 Å². The number of benzene rings is 1. The first-order chi connectivity index (χ1) is 9.65. The first-order valence-electron chi connectivity index (χ1n) is 5.79. The van der Waals surface area contributed by atoms with Gasteiger partial charge in [-0.25, -0.2) is 4.98 Å². The van der Waals surface area contributed by atoms with Gasteiger partial charge in [-0.3, -0.25) is 4.79 Å². The molecule has 20 heavy (non-hydrogen) atoms.